The third-order valence-corrected chi connectivity index (χ3v) is 10.7. The molecule has 0 aromatic heterocycles. The molecule has 9 rings (SSSR count). The van der Waals surface area contributed by atoms with E-state index in [-0.39, 0.29) is 11.1 Å². The van der Waals surface area contributed by atoms with Crippen LogP contribution in [0.25, 0.3) is 87.2 Å². The zero-order chi connectivity index (χ0) is 35.6. The van der Waals surface area contributed by atoms with Crippen LogP contribution < -0.4 is 4.18 Å². The zero-order valence-electron chi connectivity index (χ0n) is 27.4. The summed E-state index contributed by atoms with van der Waals surface area (Å²) in [6, 6.07) is 54.3. The highest BCUT2D eigenvalue weighted by Crippen LogP contribution is 2.46. The Morgan fingerprint density at radius 3 is 1.52 bits per heavy atom. The minimum atomic E-state index is -5.81. The Labute approximate surface area is 297 Å². The number of rotatable bonds is 5. The van der Waals surface area contributed by atoms with Crippen LogP contribution in [0.15, 0.2) is 164 Å². The number of alkyl halides is 3. The summed E-state index contributed by atoms with van der Waals surface area (Å²) in [5.41, 5.74) is 0.819. The van der Waals surface area contributed by atoms with E-state index in [0.717, 1.165) is 49.4 Å². The minimum absolute atomic E-state index is 0.257. The van der Waals surface area contributed by atoms with Gasteiger partial charge in [-0.1, -0.05) is 133 Å². The van der Waals surface area contributed by atoms with Gasteiger partial charge in [-0.3, -0.25) is 0 Å². The molecular formula is C45H27F3O3S. The summed E-state index contributed by atoms with van der Waals surface area (Å²) in [6.07, 6.45) is 0. The van der Waals surface area contributed by atoms with Crippen molar-refractivity contribution < 1.29 is 25.8 Å². The molecule has 52 heavy (non-hydrogen) atoms. The largest absolute Gasteiger partial charge is 0.534 e. The second-order valence-corrected chi connectivity index (χ2v) is 14.4. The van der Waals surface area contributed by atoms with E-state index >= 15 is 0 Å². The van der Waals surface area contributed by atoms with Gasteiger partial charge in [-0.05, 0) is 112 Å². The van der Waals surface area contributed by atoms with E-state index in [1.807, 2.05) is 12.1 Å². The van der Waals surface area contributed by atoms with E-state index in [1.165, 1.54) is 39.2 Å². The maximum absolute atomic E-state index is 13.0. The fraction of sp³-hybridized carbons (Fsp3) is 0.0222. The fourth-order valence-corrected chi connectivity index (χ4v) is 7.90. The minimum Gasteiger partial charge on any atom is -0.375 e. The Kier molecular flexibility index (Phi) is 7.31. The van der Waals surface area contributed by atoms with Crippen molar-refractivity contribution in [1.29, 1.82) is 0 Å². The molecule has 0 N–H and O–H groups in total. The predicted octanol–water partition coefficient (Wildman–Crippen LogP) is 12.7. The summed E-state index contributed by atoms with van der Waals surface area (Å²) in [5.74, 6) is -0.379. The van der Waals surface area contributed by atoms with Crippen LogP contribution in [0.3, 0.4) is 0 Å². The average Bonchev–Trinajstić information content (AvgIpc) is 3.15. The van der Waals surface area contributed by atoms with E-state index in [4.69, 9.17) is 0 Å². The van der Waals surface area contributed by atoms with Crippen molar-refractivity contribution in [1.82, 2.24) is 0 Å². The number of halogens is 3. The quantitative estimate of drug-likeness (QED) is 0.102. The lowest BCUT2D eigenvalue weighted by Gasteiger charge is -2.19. The molecule has 3 nitrogen and oxygen atoms in total. The van der Waals surface area contributed by atoms with E-state index in [0.29, 0.717) is 5.39 Å². The van der Waals surface area contributed by atoms with Gasteiger partial charge in [-0.2, -0.15) is 21.6 Å². The molecule has 0 saturated heterocycles. The number of fused-ring (bicyclic) bond motifs is 5. The third-order valence-electron chi connectivity index (χ3n) is 9.78. The van der Waals surface area contributed by atoms with Crippen molar-refractivity contribution >= 4 is 64.0 Å². The van der Waals surface area contributed by atoms with Gasteiger partial charge in [0.1, 0.15) is 0 Å². The summed E-state index contributed by atoms with van der Waals surface area (Å²) in [7, 11) is -5.81. The first-order valence-electron chi connectivity index (χ1n) is 16.7. The molecule has 0 aliphatic heterocycles. The molecular weight excluding hydrogens is 678 g/mol. The molecule has 0 aliphatic rings. The molecule has 7 heteroatoms. The molecule has 0 amide bonds. The Balaban J connectivity index is 1.19. The second kappa shape index (κ2) is 12.0. The zero-order valence-corrected chi connectivity index (χ0v) is 28.2. The van der Waals surface area contributed by atoms with Crippen LogP contribution in [0, 0.1) is 0 Å². The highest BCUT2D eigenvalue weighted by Gasteiger charge is 2.48. The molecule has 0 atom stereocenters. The van der Waals surface area contributed by atoms with Gasteiger partial charge >= 0.3 is 15.6 Å². The molecule has 0 fully saturated rings. The maximum Gasteiger partial charge on any atom is 0.534 e. The second-order valence-electron chi connectivity index (χ2n) is 12.8. The van der Waals surface area contributed by atoms with E-state index in [2.05, 4.69) is 126 Å². The summed E-state index contributed by atoms with van der Waals surface area (Å²) < 4.78 is 67.1. The Hall–Kier alpha value is -6.18. The van der Waals surface area contributed by atoms with Gasteiger partial charge in [-0.25, -0.2) is 0 Å². The van der Waals surface area contributed by atoms with Crippen LogP contribution in [0.4, 0.5) is 13.2 Å². The molecule has 0 bridgehead atoms. The topological polar surface area (TPSA) is 43.4 Å². The van der Waals surface area contributed by atoms with Crippen LogP contribution in [0.1, 0.15) is 0 Å². The van der Waals surface area contributed by atoms with Crippen molar-refractivity contribution in [2.45, 2.75) is 5.51 Å². The monoisotopic (exact) mass is 704 g/mol. The van der Waals surface area contributed by atoms with Gasteiger partial charge in [0.05, 0.1) is 0 Å². The van der Waals surface area contributed by atoms with Gasteiger partial charge in [0.25, 0.3) is 0 Å². The van der Waals surface area contributed by atoms with Crippen LogP contribution in [-0.2, 0) is 10.1 Å². The fourth-order valence-electron chi connectivity index (χ4n) is 7.43. The van der Waals surface area contributed by atoms with Crippen molar-refractivity contribution in [2.75, 3.05) is 0 Å². The first-order valence-corrected chi connectivity index (χ1v) is 18.1. The summed E-state index contributed by atoms with van der Waals surface area (Å²) in [4.78, 5) is 0. The van der Waals surface area contributed by atoms with Gasteiger partial charge in [-0.15, -0.1) is 0 Å². The molecule has 0 saturated carbocycles. The summed E-state index contributed by atoms with van der Waals surface area (Å²) in [6.45, 7) is 0. The standard InChI is InChI=1S/C45H27F3O3S/c46-45(47,48)52(49,50)51-42-18-8-12-33-26-31(22-24-36(33)42)30-21-23-35-32(25-30)11-7-17-37(35)44-40-15-5-3-13-38(40)43(39-14-4-6-16-41(39)44)34-20-19-28-9-1-2-10-29(28)27-34/h1-27H. The summed E-state index contributed by atoms with van der Waals surface area (Å²) in [5, 5.41) is 9.94. The molecule has 9 aromatic rings. The van der Waals surface area contributed by atoms with Crippen molar-refractivity contribution in [3.63, 3.8) is 0 Å². The van der Waals surface area contributed by atoms with E-state index in [1.54, 1.807) is 18.2 Å². The SMILES string of the molecule is O=S(=O)(Oc1cccc2cc(-c3ccc4c(-c5c6ccccc6c(-c6ccc7ccccc7c6)c6ccccc56)cccc4c3)ccc12)C(F)(F)F. The maximum atomic E-state index is 13.0. The van der Waals surface area contributed by atoms with E-state index < -0.39 is 15.6 Å². The number of benzene rings is 9. The Morgan fingerprint density at radius 2 is 0.885 bits per heavy atom. The van der Waals surface area contributed by atoms with Crippen LogP contribution in [0.5, 0.6) is 5.75 Å². The molecule has 252 valence electrons. The molecule has 0 heterocycles. The highest BCUT2D eigenvalue weighted by molar-refractivity contribution is 7.88. The van der Waals surface area contributed by atoms with Crippen molar-refractivity contribution in [3.05, 3.63) is 164 Å². The Morgan fingerprint density at radius 1 is 0.404 bits per heavy atom. The van der Waals surface area contributed by atoms with Crippen LogP contribution in [-0.4, -0.2) is 13.9 Å². The molecule has 0 unspecified atom stereocenters. The molecule has 0 aliphatic carbocycles. The van der Waals surface area contributed by atoms with Crippen molar-refractivity contribution in [3.8, 4) is 39.1 Å². The van der Waals surface area contributed by atoms with Gasteiger partial charge in [0.2, 0.25) is 0 Å². The van der Waals surface area contributed by atoms with Crippen LogP contribution >= 0.6 is 0 Å². The smallest absolute Gasteiger partial charge is 0.375 e. The van der Waals surface area contributed by atoms with Crippen LogP contribution in [0.2, 0.25) is 0 Å². The lowest BCUT2D eigenvalue weighted by molar-refractivity contribution is -0.0499. The molecule has 0 spiro atoms. The highest BCUT2D eigenvalue weighted by atomic mass is 32.2. The average molecular weight is 705 g/mol. The lowest BCUT2D eigenvalue weighted by Crippen LogP contribution is -2.28. The third kappa shape index (κ3) is 5.24. The number of hydrogen-bond donors (Lipinski definition) is 0. The first-order chi connectivity index (χ1) is 25.2. The molecule has 9 aromatic carbocycles. The summed E-state index contributed by atoms with van der Waals surface area (Å²) >= 11 is 0. The normalized spacial score (nSPS) is 12.3. The predicted molar refractivity (Wildman–Crippen MR) is 206 cm³/mol. The number of hydrogen-bond acceptors (Lipinski definition) is 3. The van der Waals surface area contributed by atoms with Crippen molar-refractivity contribution in [2.24, 2.45) is 0 Å². The van der Waals surface area contributed by atoms with E-state index in [9.17, 15) is 21.6 Å². The van der Waals surface area contributed by atoms with Gasteiger partial charge in [0, 0.05) is 5.39 Å². The van der Waals surface area contributed by atoms with Gasteiger partial charge in [0.15, 0.2) is 5.75 Å². The Bertz CT molecular complexity index is 2950. The van der Waals surface area contributed by atoms with Gasteiger partial charge < -0.3 is 4.18 Å². The molecule has 0 radical (unpaired) electrons. The lowest BCUT2D eigenvalue weighted by atomic mass is 9.84. The first kappa shape index (κ1) is 31.8.